The first-order valence-electron chi connectivity index (χ1n) is 6.08. The van der Waals surface area contributed by atoms with Crippen LogP contribution in [0.4, 0.5) is 0 Å². The Labute approximate surface area is 121 Å². The highest BCUT2D eigenvalue weighted by Gasteiger charge is 2.09. The van der Waals surface area contributed by atoms with Gasteiger partial charge in [-0.2, -0.15) is 5.10 Å². The van der Waals surface area contributed by atoms with Gasteiger partial charge in [-0.05, 0) is 24.1 Å². The fourth-order valence-corrected chi connectivity index (χ4v) is 2.71. The molecule has 1 heterocycles. The van der Waals surface area contributed by atoms with Gasteiger partial charge in [-0.25, -0.2) is 0 Å². The van der Waals surface area contributed by atoms with E-state index in [9.17, 15) is 0 Å². The molecule has 0 spiro atoms. The average molecular weight is 328 g/mol. The van der Waals surface area contributed by atoms with Gasteiger partial charge in [0, 0.05) is 21.6 Å². The highest BCUT2D eigenvalue weighted by Crippen LogP contribution is 2.17. The molecule has 0 saturated carbocycles. The number of halogens is 2. The van der Waals surface area contributed by atoms with Gasteiger partial charge in [-0.3, -0.25) is 4.68 Å². The lowest BCUT2D eigenvalue weighted by Gasteiger charge is -2.08. The lowest BCUT2D eigenvalue weighted by atomic mass is 10.1. The molecule has 0 fully saturated rings. The molecule has 0 bridgehead atoms. The van der Waals surface area contributed by atoms with Crippen molar-refractivity contribution < 1.29 is 0 Å². The molecule has 0 unspecified atom stereocenters. The van der Waals surface area contributed by atoms with Crippen LogP contribution in [0.3, 0.4) is 0 Å². The van der Waals surface area contributed by atoms with Crippen LogP contribution in [0.1, 0.15) is 30.2 Å². The van der Waals surface area contributed by atoms with Crippen molar-refractivity contribution in [1.29, 1.82) is 0 Å². The summed E-state index contributed by atoms with van der Waals surface area (Å²) in [7, 11) is 0. The third kappa shape index (κ3) is 3.15. The minimum Gasteiger partial charge on any atom is -0.265 e. The topological polar surface area (TPSA) is 17.8 Å². The summed E-state index contributed by atoms with van der Waals surface area (Å²) in [4.78, 5) is 0. The van der Waals surface area contributed by atoms with Gasteiger partial charge in [0.15, 0.2) is 0 Å². The molecule has 1 aromatic heterocycles. The summed E-state index contributed by atoms with van der Waals surface area (Å²) in [5, 5.41) is 6.11. The summed E-state index contributed by atoms with van der Waals surface area (Å²) in [6.07, 6.45) is 4.13. The predicted octanol–water partition coefficient (Wildman–Crippen LogP) is 4.43. The Balaban J connectivity index is 2.25. The number of rotatable bonds is 5. The third-order valence-corrected chi connectivity index (χ3v) is 3.73. The second-order valence-corrected chi connectivity index (χ2v) is 5.28. The molecule has 0 aliphatic heterocycles. The van der Waals surface area contributed by atoms with Gasteiger partial charge in [-0.15, -0.1) is 0 Å². The van der Waals surface area contributed by atoms with Crippen LogP contribution in [0.25, 0.3) is 0 Å². The van der Waals surface area contributed by atoms with E-state index in [1.165, 1.54) is 16.8 Å². The van der Waals surface area contributed by atoms with Crippen molar-refractivity contribution in [2.45, 2.75) is 31.6 Å². The maximum atomic E-state index is 6.01. The van der Waals surface area contributed by atoms with Gasteiger partial charge >= 0.3 is 0 Å². The monoisotopic (exact) mass is 326 g/mol. The Morgan fingerprint density at radius 1 is 1.39 bits per heavy atom. The van der Waals surface area contributed by atoms with Gasteiger partial charge in [0.05, 0.1) is 12.7 Å². The summed E-state index contributed by atoms with van der Waals surface area (Å²) in [5.74, 6) is 0. The number of alkyl halides is 1. The molecule has 0 amide bonds. The number of hydrogen-bond donors (Lipinski definition) is 0. The van der Waals surface area contributed by atoms with E-state index >= 15 is 0 Å². The van der Waals surface area contributed by atoms with Crippen LogP contribution < -0.4 is 0 Å². The lowest BCUT2D eigenvalue weighted by Crippen LogP contribution is -2.07. The second kappa shape index (κ2) is 6.39. The van der Waals surface area contributed by atoms with Crippen molar-refractivity contribution in [2.75, 3.05) is 0 Å². The van der Waals surface area contributed by atoms with Crippen LogP contribution >= 0.6 is 27.5 Å². The van der Waals surface area contributed by atoms with Crippen molar-refractivity contribution in [2.24, 2.45) is 0 Å². The van der Waals surface area contributed by atoms with Gasteiger partial charge < -0.3 is 0 Å². The van der Waals surface area contributed by atoms with E-state index in [0.717, 1.165) is 29.7 Å². The maximum Gasteiger partial charge on any atom is 0.0663 e. The van der Waals surface area contributed by atoms with E-state index in [0.29, 0.717) is 0 Å². The Hall–Kier alpha value is -0.800. The zero-order valence-electron chi connectivity index (χ0n) is 10.4. The minimum atomic E-state index is 0.775. The summed E-state index contributed by atoms with van der Waals surface area (Å²) in [5.41, 5.74) is 3.78. The first-order chi connectivity index (χ1) is 8.74. The Kier molecular flexibility index (Phi) is 4.84. The van der Waals surface area contributed by atoms with Crippen LogP contribution in [0.2, 0.25) is 5.02 Å². The molecule has 96 valence electrons. The molecule has 0 saturated heterocycles. The predicted molar refractivity (Wildman–Crippen MR) is 79.4 cm³/mol. The molecule has 2 rings (SSSR count). The van der Waals surface area contributed by atoms with Crippen LogP contribution in [-0.2, 0) is 18.3 Å². The van der Waals surface area contributed by atoms with Gasteiger partial charge in [0.2, 0.25) is 0 Å². The van der Waals surface area contributed by atoms with E-state index in [4.69, 9.17) is 11.6 Å². The quantitative estimate of drug-likeness (QED) is 0.743. The molecule has 0 N–H and O–H groups in total. The normalized spacial score (nSPS) is 10.8. The second-order valence-electron chi connectivity index (χ2n) is 4.29. The van der Waals surface area contributed by atoms with Crippen LogP contribution in [-0.4, -0.2) is 9.78 Å². The van der Waals surface area contributed by atoms with Crippen LogP contribution in [0.5, 0.6) is 0 Å². The zero-order valence-corrected chi connectivity index (χ0v) is 12.7. The summed E-state index contributed by atoms with van der Waals surface area (Å²) in [6.45, 7) is 2.97. The molecular weight excluding hydrogens is 312 g/mol. The molecule has 0 radical (unpaired) electrons. The summed E-state index contributed by atoms with van der Waals surface area (Å²) in [6, 6.07) is 7.95. The molecule has 4 heteroatoms. The van der Waals surface area contributed by atoms with Crippen LogP contribution in [0.15, 0.2) is 30.5 Å². The van der Waals surface area contributed by atoms with E-state index in [1.54, 1.807) is 0 Å². The fourth-order valence-electron chi connectivity index (χ4n) is 2.03. The van der Waals surface area contributed by atoms with Crippen molar-refractivity contribution in [3.63, 3.8) is 0 Å². The van der Waals surface area contributed by atoms with Crippen LogP contribution in [0, 0.1) is 0 Å². The molecular formula is C14H16BrClN2. The maximum absolute atomic E-state index is 6.01. The molecule has 0 aliphatic carbocycles. The smallest absolute Gasteiger partial charge is 0.0663 e. The third-order valence-electron chi connectivity index (χ3n) is 2.89. The van der Waals surface area contributed by atoms with Gasteiger partial charge in [-0.1, -0.05) is 53.0 Å². The number of benzene rings is 1. The fraction of sp³-hybridized carbons (Fsp3) is 0.357. The largest absolute Gasteiger partial charge is 0.265 e. The highest BCUT2D eigenvalue weighted by atomic mass is 79.9. The summed E-state index contributed by atoms with van der Waals surface area (Å²) >= 11 is 9.52. The van der Waals surface area contributed by atoms with Crippen molar-refractivity contribution >= 4 is 27.5 Å². The molecule has 2 aromatic rings. The summed E-state index contributed by atoms with van der Waals surface area (Å²) < 4.78 is 2.08. The lowest BCUT2D eigenvalue weighted by molar-refractivity contribution is 0.636. The van der Waals surface area contributed by atoms with Gasteiger partial charge in [0.1, 0.15) is 0 Å². The van der Waals surface area contributed by atoms with E-state index in [2.05, 4.69) is 38.7 Å². The van der Waals surface area contributed by atoms with E-state index in [1.807, 2.05) is 24.4 Å². The Morgan fingerprint density at radius 2 is 2.22 bits per heavy atom. The SMILES string of the molecule is CCCc1c(CBr)cnn1Cc1cccc(Cl)c1. The molecule has 2 nitrogen and oxygen atoms in total. The number of aromatic nitrogens is 2. The van der Waals surface area contributed by atoms with Gasteiger partial charge in [0.25, 0.3) is 0 Å². The van der Waals surface area contributed by atoms with Crippen molar-refractivity contribution in [3.05, 3.63) is 52.3 Å². The molecule has 18 heavy (non-hydrogen) atoms. The standard InChI is InChI=1S/C14H16BrClN2/c1-2-4-14-12(8-15)9-17-18(14)10-11-5-3-6-13(16)7-11/h3,5-7,9H,2,4,8,10H2,1H3. The van der Waals surface area contributed by atoms with E-state index < -0.39 is 0 Å². The molecule has 0 atom stereocenters. The minimum absolute atomic E-state index is 0.775. The molecule has 0 aliphatic rings. The van der Waals surface area contributed by atoms with E-state index in [-0.39, 0.29) is 0 Å². The van der Waals surface area contributed by atoms with Crippen molar-refractivity contribution in [1.82, 2.24) is 9.78 Å². The molecule has 1 aromatic carbocycles. The Bertz CT molecular complexity index is 522. The first-order valence-corrected chi connectivity index (χ1v) is 7.58. The number of nitrogens with zero attached hydrogens (tertiary/aromatic N) is 2. The number of hydrogen-bond acceptors (Lipinski definition) is 1. The zero-order chi connectivity index (χ0) is 13.0. The average Bonchev–Trinajstić information content (AvgIpc) is 2.72. The first kappa shape index (κ1) is 13.6. The Morgan fingerprint density at radius 3 is 2.89 bits per heavy atom. The highest BCUT2D eigenvalue weighted by molar-refractivity contribution is 9.08. The van der Waals surface area contributed by atoms with Crippen molar-refractivity contribution in [3.8, 4) is 0 Å².